The molecule has 5 nitrogen and oxygen atoms in total. The fourth-order valence-corrected chi connectivity index (χ4v) is 1.79. The van der Waals surface area contributed by atoms with Crippen molar-refractivity contribution < 1.29 is 4.79 Å². The predicted octanol–water partition coefficient (Wildman–Crippen LogP) is 1.05. The molecule has 0 atom stereocenters. The molecule has 18 heavy (non-hydrogen) atoms. The van der Waals surface area contributed by atoms with Crippen molar-refractivity contribution in [1.29, 1.82) is 0 Å². The summed E-state index contributed by atoms with van der Waals surface area (Å²) in [6.07, 6.45) is 6.06. The fourth-order valence-electron chi connectivity index (χ4n) is 1.79. The summed E-state index contributed by atoms with van der Waals surface area (Å²) in [5.41, 5.74) is 0.871. The van der Waals surface area contributed by atoms with Crippen molar-refractivity contribution >= 4 is 5.91 Å². The minimum atomic E-state index is -0.190. The van der Waals surface area contributed by atoms with E-state index in [1.165, 1.54) is 12.8 Å². The Morgan fingerprint density at radius 3 is 2.83 bits per heavy atom. The van der Waals surface area contributed by atoms with Gasteiger partial charge in [0.05, 0.1) is 12.0 Å². The zero-order valence-electron chi connectivity index (χ0n) is 11.4. The first-order valence-corrected chi connectivity index (χ1v) is 6.47. The number of aromatic nitrogens is 2. The molecule has 0 saturated heterocycles. The third-order valence-corrected chi connectivity index (χ3v) is 2.78. The number of rotatable bonds is 5. The van der Waals surface area contributed by atoms with Crippen molar-refractivity contribution in [2.45, 2.75) is 58.3 Å². The molecule has 1 aromatic heterocycles. The van der Waals surface area contributed by atoms with Crippen molar-refractivity contribution in [3.8, 4) is 0 Å². The molecule has 0 aliphatic heterocycles. The molecule has 1 fully saturated rings. The van der Waals surface area contributed by atoms with Crippen LogP contribution in [0.2, 0.25) is 0 Å². The minimum Gasteiger partial charge on any atom is -0.350 e. The van der Waals surface area contributed by atoms with Crippen molar-refractivity contribution in [1.82, 2.24) is 20.2 Å². The molecule has 1 amide bonds. The second kappa shape index (κ2) is 5.10. The fraction of sp³-hybridized carbons (Fsp3) is 0.692. The van der Waals surface area contributed by atoms with Crippen molar-refractivity contribution in [2.75, 3.05) is 0 Å². The summed E-state index contributed by atoms with van der Waals surface area (Å²) in [7, 11) is 0. The normalized spacial score (nSPS) is 15.7. The molecule has 0 aromatic carbocycles. The largest absolute Gasteiger partial charge is 0.350 e. The number of nitrogens with zero attached hydrogens (tertiary/aromatic N) is 2. The van der Waals surface area contributed by atoms with Gasteiger partial charge < -0.3 is 15.2 Å². The average Bonchev–Trinajstić information content (AvgIpc) is 2.95. The van der Waals surface area contributed by atoms with E-state index in [9.17, 15) is 4.79 Å². The quantitative estimate of drug-likeness (QED) is 0.821. The molecule has 0 unspecified atom stereocenters. The number of amides is 1. The Morgan fingerprint density at radius 2 is 2.22 bits per heavy atom. The molecule has 2 N–H and O–H groups in total. The molecule has 100 valence electrons. The first kappa shape index (κ1) is 13.1. The van der Waals surface area contributed by atoms with Gasteiger partial charge in [0.1, 0.15) is 6.54 Å². The van der Waals surface area contributed by atoms with Crippen LogP contribution in [0, 0.1) is 0 Å². The Hall–Kier alpha value is -1.36. The van der Waals surface area contributed by atoms with Crippen molar-refractivity contribution in [2.24, 2.45) is 0 Å². The molecule has 1 aromatic rings. The minimum absolute atomic E-state index is 0.0215. The van der Waals surface area contributed by atoms with Crippen molar-refractivity contribution in [3.05, 3.63) is 18.2 Å². The topological polar surface area (TPSA) is 59.0 Å². The summed E-state index contributed by atoms with van der Waals surface area (Å²) in [6, 6.07) is 0.664. The second-order valence-corrected chi connectivity index (χ2v) is 5.97. The lowest BCUT2D eigenvalue weighted by Gasteiger charge is -2.21. The van der Waals surface area contributed by atoms with Gasteiger partial charge in [-0.1, -0.05) is 0 Å². The Kier molecular flexibility index (Phi) is 3.71. The Morgan fingerprint density at radius 1 is 1.50 bits per heavy atom. The highest BCUT2D eigenvalue weighted by Crippen LogP contribution is 2.19. The zero-order valence-corrected chi connectivity index (χ0v) is 11.4. The van der Waals surface area contributed by atoms with Crippen LogP contribution in [0.4, 0.5) is 0 Å². The lowest BCUT2D eigenvalue weighted by molar-refractivity contribution is -0.123. The van der Waals surface area contributed by atoms with Gasteiger partial charge in [-0.2, -0.15) is 0 Å². The van der Waals surface area contributed by atoms with Gasteiger partial charge in [0.25, 0.3) is 0 Å². The summed E-state index contributed by atoms with van der Waals surface area (Å²) in [6.45, 7) is 7.06. The van der Waals surface area contributed by atoms with E-state index in [0.29, 0.717) is 12.6 Å². The van der Waals surface area contributed by atoms with E-state index in [4.69, 9.17) is 0 Å². The number of hydrogen-bond donors (Lipinski definition) is 2. The first-order valence-electron chi connectivity index (χ1n) is 6.47. The number of carbonyl (C=O) groups excluding carboxylic acids is 1. The van der Waals surface area contributed by atoms with E-state index in [1.807, 2.05) is 31.5 Å². The Bertz CT molecular complexity index is 415. The molecule has 0 radical (unpaired) electrons. The molecule has 0 bridgehead atoms. The van der Waals surface area contributed by atoms with E-state index in [2.05, 4.69) is 15.6 Å². The molecular weight excluding hydrogens is 228 g/mol. The molecule has 1 aliphatic rings. The standard InChI is InChI=1S/C13H22N4O/c1-13(2,3)16-12(18)8-17-9-14-6-11(17)7-15-10-4-5-10/h6,9-10,15H,4-5,7-8H2,1-3H3,(H,16,18). The molecule has 0 spiro atoms. The van der Waals surface area contributed by atoms with Crippen LogP contribution in [0.25, 0.3) is 0 Å². The molecule has 2 rings (SSSR count). The van der Waals surface area contributed by atoms with Crippen LogP contribution < -0.4 is 10.6 Å². The maximum Gasteiger partial charge on any atom is 0.240 e. The third kappa shape index (κ3) is 4.14. The molecule has 5 heteroatoms. The second-order valence-electron chi connectivity index (χ2n) is 5.97. The van der Waals surface area contributed by atoms with E-state index in [0.717, 1.165) is 12.2 Å². The van der Waals surface area contributed by atoms with Crippen LogP contribution in [-0.4, -0.2) is 27.0 Å². The number of carbonyl (C=O) groups is 1. The first-order chi connectivity index (χ1) is 8.44. The van der Waals surface area contributed by atoms with Crippen LogP contribution in [0.5, 0.6) is 0 Å². The zero-order chi connectivity index (χ0) is 13.2. The summed E-state index contributed by atoms with van der Waals surface area (Å²) < 4.78 is 1.90. The van der Waals surface area contributed by atoms with Gasteiger partial charge in [-0.15, -0.1) is 0 Å². The summed E-state index contributed by atoms with van der Waals surface area (Å²) in [5, 5.41) is 6.38. The highest BCUT2D eigenvalue weighted by atomic mass is 16.2. The van der Waals surface area contributed by atoms with Crippen LogP contribution in [0.3, 0.4) is 0 Å². The number of nitrogens with one attached hydrogen (secondary N) is 2. The van der Waals surface area contributed by atoms with Gasteiger partial charge >= 0.3 is 0 Å². The SMILES string of the molecule is CC(C)(C)NC(=O)Cn1cncc1CNC1CC1. The van der Waals surface area contributed by atoms with E-state index in [-0.39, 0.29) is 11.4 Å². The Balaban J connectivity index is 1.87. The summed E-state index contributed by atoms with van der Waals surface area (Å²) in [4.78, 5) is 16.0. The van der Waals surface area contributed by atoms with Gasteiger partial charge in [-0.05, 0) is 33.6 Å². The van der Waals surface area contributed by atoms with Crippen molar-refractivity contribution in [3.63, 3.8) is 0 Å². The highest BCUT2D eigenvalue weighted by Gasteiger charge is 2.21. The predicted molar refractivity (Wildman–Crippen MR) is 70.0 cm³/mol. The Labute approximate surface area is 108 Å². The smallest absolute Gasteiger partial charge is 0.240 e. The number of imidazole rings is 1. The third-order valence-electron chi connectivity index (χ3n) is 2.78. The summed E-state index contributed by atoms with van der Waals surface area (Å²) >= 11 is 0. The van der Waals surface area contributed by atoms with Crippen LogP contribution in [0.15, 0.2) is 12.5 Å². The van der Waals surface area contributed by atoms with E-state index < -0.39 is 0 Å². The van der Waals surface area contributed by atoms with Gasteiger partial charge in [0, 0.05) is 24.3 Å². The van der Waals surface area contributed by atoms with Crippen LogP contribution >= 0.6 is 0 Å². The molecule has 1 aliphatic carbocycles. The number of hydrogen-bond acceptors (Lipinski definition) is 3. The monoisotopic (exact) mass is 250 g/mol. The van der Waals surface area contributed by atoms with Crippen LogP contribution in [0.1, 0.15) is 39.3 Å². The average molecular weight is 250 g/mol. The van der Waals surface area contributed by atoms with Gasteiger partial charge in [-0.3, -0.25) is 4.79 Å². The lowest BCUT2D eigenvalue weighted by atomic mass is 10.1. The molecule has 1 saturated carbocycles. The molecule has 1 heterocycles. The van der Waals surface area contributed by atoms with Gasteiger partial charge in [0.15, 0.2) is 0 Å². The van der Waals surface area contributed by atoms with E-state index in [1.54, 1.807) is 6.33 Å². The summed E-state index contributed by atoms with van der Waals surface area (Å²) in [5.74, 6) is 0.0215. The van der Waals surface area contributed by atoms with Gasteiger partial charge in [-0.25, -0.2) is 4.98 Å². The van der Waals surface area contributed by atoms with Crippen LogP contribution in [-0.2, 0) is 17.9 Å². The lowest BCUT2D eigenvalue weighted by Crippen LogP contribution is -2.42. The van der Waals surface area contributed by atoms with E-state index >= 15 is 0 Å². The maximum absolute atomic E-state index is 11.8. The maximum atomic E-state index is 11.8. The molecular formula is C13H22N4O. The highest BCUT2D eigenvalue weighted by molar-refractivity contribution is 5.76. The van der Waals surface area contributed by atoms with Gasteiger partial charge in [0.2, 0.25) is 5.91 Å².